The molecule has 1 rings (SSSR count). The number of halogens is 2. The van der Waals surface area contributed by atoms with Gasteiger partial charge in [0.05, 0.1) is 15.7 Å². The predicted molar refractivity (Wildman–Crippen MR) is 70.2 cm³/mol. The lowest BCUT2D eigenvalue weighted by Gasteiger charge is -2.22. The standard InChI is InChI=1S/C11H16Cl2N2O/c1-6(5-16)7(2)15-11-9(12)3-8(14)4-10(11)13/h3-4,6-7,15-16H,5,14H2,1-2H3. The molecule has 5 heteroatoms. The summed E-state index contributed by atoms with van der Waals surface area (Å²) in [7, 11) is 0. The van der Waals surface area contributed by atoms with Gasteiger partial charge in [-0.1, -0.05) is 30.1 Å². The molecule has 0 aromatic heterocycles. The van der Waals surface area contributed by atoms with Crippen LogP contribution in [0.4, 0.5) is 11.4 Å². The highest BCUT2D eigenvalue weighted by Gasteiger charge is 2.14. The second-order valence-electron chi connectivity index (χ2n) is 3.95. The molecule has 0 fully saturated rings. The van der Waals surface area contributed by atoms with E-state index in [0.29, 0.717) is 21.4 Å². The average Bonchev–Trinajstić information content (AvgIpc) is 2.21. The van der Waals surface area contributed by atoms with Gasteiger partial charge in [-0.05, 0) is 25.0 Å². The molecular formula is C11H16Cl2N2O. The Labute approximate surface area is 106 Å². The SMILES string of the molecule is CC(CO)C(C)Nc1c(Cl)cc(N)cc1Cl. The topological polar surface area (TPSA) is 58.3 Å². The van der Waals surface area contributed by atoms with Gasteiger partial charge in [-0.25, -0.2) is 0 Å². The van der Waals surface area contributed by atoms with Crippen LogP contribution >= 0.6 is 23.2 Å². The van der Waals surface area contributed by atoms with Crippen molar-refractivity contribution in [1.29, 1.82) is 0 Å². The van der Waals surface area contributed by atoms with Crippen LogP contribution in [-0.2, 0) is 0 Å². The smallest absolute Gasteiger partial charge is 0.0722 e. The molecule has 3 nitrogen and oxygen atoms in total. The molecule has 0 radical (unpaired) electrons. The van der Waals surface area contributed by atoms with Crippen LogP contribution in [0.5, 0.6) is 0 Å². The number of hydrogen-bond acceptors (Lipinski definition) is 3. The lowest BCUT2D eigenvalue weighted by atomic mass is 10.0. The Morgan fingerprint density at radius 3 is 2.25 bits per heavy atom. The first-order valence-electron chi connectivity index (χ1n) is 5.07. The van der Waals surface area contributed by atoms with Crippen LogP contribution in [-0.4, -0.2) is 17.8 Å². The summed E-state index contributed by atoms with van der Waals surface area (Å²) < 4.78 is 0. The summed E-state index contributed by atoms with van der Waals surface area (Å²) in [5, 5.41) is 13.2. The molecule has 0 saturated heterocycles. The lowest BCUT2D eigenvalue weighted by molar-refractivity contribution is 0.226. The maximum absolute atomic E-state index is 9.04. The van der Waals surface area contributed by atoms with E-state index >= 15 is 0 Å². The van der Waals surface area contributed by atoms with E-state index in [4.69, 9.17) is 34.0 Å². The Kier molecular flexibility index (Phi) is 4.71. The molecule has 0 aliphatic carbocycles. The van der Waals surface area contributed by atoms with E-state index in [1.807, 2.05) is 13.8 Å². The molecule has 16 heavy (non-hydrogen) atoms. The molecule has 4 N–H and O–H groups in total. The van der Waals surface area contributed by atoms with Gasteiger partial charge in [-0.3, -0.25) is 0 Å². The minimum absolute atomic E-state index is 0.0728. The summed E-state index contributed by atoms with van der Waals surface area (Å²) in [6.07, 6.45) is 0. The Morgan fingerprint density at radius 2 is 1.81 bits per heavy atom. The van der Waals surface area contributed by atoms with Gasteiger partial charge in [0, 0.05) is 18.3 Å². The fourth-order valence-electron chi connectivity index (χ4n) is 1.26. The van der Waals surface area contributed by atoms with Crippen LogP contribution in [0.15, 0.2) is 12.1 Å². The molecule has 2 atom stereocenters. The van der Waals surface area contributed by atoms with Crippen LogP contribution in [0.3, 0.4) is 0 Å². The number of nitrogens with two attached hydrogens (primary N) is 1. The second kappa shape index (κ2) is 5.62. The first kappa shape index (κ1) is 13.4. The van der Waals surface area contributed by atoms with Crippen molar-refractivity contribution in [2.45, 2.75) is 19.9 Å². The summed E-state index contributed by atoms with van der Waals surface area (Å²) in [6.45, 7) is 4.01. The monoisotopic (exact) mass is 262 g/mol. The molecule has 0 bridgehead atoms. The fraction of sp³-hybridized carbons (Fsp3) is 0.455. The van der Waals surface area contributed by atoms with Crippen LogP contribution in [0.1, 0.15) is 13.8 Å². The number of rotatable bonds is 4. The zero-order valence-electron chi connectivity index (χ0n) is 9.30. The molecule has 0 heterocycles. The van der Waals surface area contributed by atoms with E-state index < -0.39 is 0 Å². The first-order valence-corrected chi connectivity index (χ1v) is 5.83. The van der Waals surface area contributed by atoms with Crippen molar-refractivity contribution in [3.63, 3.8) is 0 Å². The van der Waals surface area contributed by atoms with E-state index in [9.17, 15) is 0 Å². The summed E-state index contributed by atoms with van der Waals surface area (Å²) in [5.41, 5.74) is 6.80. The fourth-order valence-corrected chi connectivity index (χ4v) is 1.87. The molecular weight excluding hydrogens is 247 g/mol. The number of benzene rings is 1. The van der Waals surface area contributed by atoms with Crippen LogP contribution in [0, 0.1) is 5.92 Å². The predicted octanol–water partition coefficient (Wildman–Crippen LogP) is 3.00. The van der Waals surface area contributed by atoms with E-state index in [0.717, 1.165) is 0 Å². The zero-order valence-corrected chi connectivity index (χ0v) is 10.8. The molecule has 0 saturated carbocycles. The highest BCUT2D eigenvalue weighted by molar-refractivity contribution is 6.39. The summed E-state index contributed by atoms with van der Waals surface area (Å²) in [4.78, 5) is 0. The van der Waals surface area contributed by atoms with Gasteiger partial charge in [0.2, 0.25) is 0 Å². The number of nitrogen functional groups attached to an aromatic ring is 1. The molecule has 0 spiro atoms. The van der Waals surface area contributed by atoms with Crippen LogP contribution in [0.25, 0.3) is 0 Å². The molecule has 0 aliphatic rings. The van der Waals surface area contributed by atoms with Gasteiger partial charge in [0.15, 0.2) is 0 Å². The van der Waals surface area contributed by atoms with Gasteiger partial charge in [0.1, 0.15) is 0 Å². The zero-order chi connectivity index (χ0) is 12.3. The van der Waals surface area contributed by atoms with Crippen LogP contribution < -0.4 is 11.1 Å². The third kappa shape index (κ3) is 3.17. The second-order valence-corrected chi connectivity index (χ2v) is 4.77. The van der Waals surface area contributed by atoms with Gasteiger partial charge in [0.25, 0.3) is 0 Å². The van der Waals surface area contributed by atoms with Gasteiger partial charge in [-0.15, -0.1) is 0 Å². The Balaban J connectivity index is 2.89. The summed E-state index contributed by atoms with van der Waals surface area (Å²) >= 11 is 12.1. The highest BCUT2D eigenvalue weighted by Crippen LogP contribution is 2.33. The maximum Gasteiger partial charge on any atom is 0.0722 e. The third-order valence-electron chi connectivity index (χ3n) is 2.58. The minimum Gasteiger partial charge on any atom is -0.399 e. The van der Waals surface area contributed by atoms with E-state index in [-0.39, 0.29) is 18.6 Å². The molecule has 90 valence electrons. The van der Waals surface area contributed by atoms with Crippen molar-refractivity contribution in [3.8, 4) is 0 Å². The number of aliphatic hydroxyl groups is 1. The molecule has 0 aliphatic heterocycles. The normalized spacial score (nSPS) is 14.6. The van der Waals surface area contributed by atoms with Crippen molar-refractivity contribution >= 4 is 34.6 Å². The van der Waals surface area contributed by atoms with Crippen molar-refractivity contribution in [3.05, 3.63) is 22.2 Å². The molecule has 0 amide bonds. The highest BCUT2D eigenvalue weighted by atomic mass is 35.5. The van der Waals surface area contributed by atoms with Crippen molar-refractivity contribution in [1.82, 2.24) is 0 Å². The van der Waals surface area contributed by atoms with E-state index in [1.165, 1.54) is 0 Å². The Bertz CT molecular complexity index is 348. The van der Waals surface area contributed by atoms with Crippen LogP contribution in [0.2, 0.25) is 10.0 Å². The minimum atomic E-state index is 0.0728. The lowest BCUT2D eigenvalue weighted by Crippen LogP contribution is -2.26. The van der Waals surface area contributed by atoms with E-state index in [1.54, 1.807) is 12.1 Å². The summed E-state index contributed by atoms with van der Waals surface area (Å²) in [6, 6.07) is 3.36. The quantitative estimate of drug-likeness (QED) is 0.732. The first-order chi connectivity index (χ1) is 7.45. The maximum atomic E-state index is 9.04. The van der Waals surface area contributed by atoms with Gasteiger partial charge >= 0.3 is 0 Å². The third-order valence-corrected chi connectivity index (χ3v) is 3.17. The number of anilines is 2. The molecule has 2 unspecified atom stereocenters. The Hall–Kier alpha value is -0.640. The number of hydrogen-bond donors (Lipinski definition) is 3. The van der Waals surface area contributed by atoms with Gasteiger partial charge < -0.3 is 16.2 Å². The summed E-state index contributed by atoms with van der Waals surface area (Å²) in [5.74, 6) is 0.115. The van der Waals surface area contributed by atoms with Crippen molar-refractivity contribution < 1.29 is 5.11 Å². The van der Waals surface area contributed by atoms with E-state index in [2.05, 4.69) is 5.32 Å². The van der Waals surface area contributed by atoms with Crippen molar-refractivity contribution in [2.75, 3.05) is 17.7 Å². The Morgan fingerprint density at radius 1 is 1.31 bits per heavy atom. The van der Waals surface area contributed by atoms with Gasteiger partial charge in [-0.2, -0.15) is 0 Å². The average molecular weight is 263 g/mol. The molecule has 1 aromatic carbocycles. The largest absolute Gasteiger partial charge is 0.399 e. The van der Waals surface area contributed by atoms with Crippen molar-refractivity contribution in [2.24, 2.45) is 5.92 Å². The number of nitrogens with one attached hydrogen (secondary N) is 1. The molecule has 1 aromatic rings. The number of aliphatic hydroxyl groups excluding tert-OH is 1.